The molecule has 1 aliphatic rings. The Morgan fingerprint density at radius 3 is 1.89 bits per heavy atom. The first-order chi connectivity index (χ1) is 22.2. The van der Waals surface area contributed by atoms with Crippen molar-refractivity contribution in [1.82, 2.24) is 0 Å². The number of hydrogen-bond acceptors (Lipinski definition) is 7. The predicted molar refractivity (Wildman–Crippen MR) is 170 cm³/mol. The van der Waals surface area contributed by atoms with Crippen LogP contribution >= 0.6 is 0 Å². The number of carbonyl (C=O) groups excluding carboxylic acids is 1. The molecule has 0 spiro atoms. The second-order valence-electron chi connectivity index (χ2n) is 10.6. The summed E-state index contributed by atoms with van der Waals surface area (Å²) in [6, 6.07) is 40.5. The molecule has 1 fully saturated rings. The molecule has 7 heteroatoms. The molecule has 5 aromatic carbocycles. The molecular formula is C38H34O7. The van der Waals surface area contributed by atoms with Crippen molar-refractivity contribution in [2.75, 3.05) is 13.7 Å². The van der Waals surface area contributed by atoms with Gasteiger partial charge >= 0.3 is 0 Å². The average Bonchev–Trinajstić information content (AvgIpc) is 3.11. The van der Waals surface area contributed by atoms with Gasteiger partial charge in [0.15, 0.2) is 35.4 Å². The molecule has 0 saturated carbocycles. The summed E-state index contributed by atoms with van der Waals surface area (Å²) in [6.45, 7) is 0.976. The van der Waals surface area contributed by atoms with Crippen molar-refractivity contribution in [3.8, 4) is 23.0 Å². The normalized spacial score (nSPS) is 17.7. The zero-order chi connectivity index (χ0) is 30.8. The van der Waals surface area contributed by atoms with Gasteiger partial charge in [0.1, 0.15) is 25.6 Å². The molecule has 0 aromatic heterocycles. The lowest BCUT2D eigenvalue weighted by molar-refractivity contribution is -0.254. The second kappa shape index (κ2) is 14.6. The van der Waals surface area contributed by atoms with Crippen molar-refractivity contribution in [3.63, 3.8) is 0 Å². The summed E-state index contributed by atoms with van der Waals surface area (Å²) in [5.74, 6) is 2.12. The van der Waals surface area contributed by atoms with Crippen molar-refractivity contribution in [2.24, 2.45) is 0 Å². The van der Waals surface area contributed by atoms with Gasteiger partial charge in [-0.2, -0.15) is 0 Å². The third-order valence-corrected chi connectivity index (χ3v) is 7.46. The summed E-state index contributed by atoms with van der Waals surface area (Å²) in [5.41, 5.74) is 4.25. The van der Waals surface area contributed by atoms with Gasteiger partial charge in [-0.15, -0.1) is 0 Å². The van der Waals surface area contributed by atoms with Gasteiger partial charge in [0.05, 0.1) is 13.7 Å². The first-order valence-electron chi connectivity index (χ1n) is 14.8. The SMILES string of the molecule is COc1cc([C@@H]2O[C@H](c3ccccc3)OC[C@H]2Oc2cc(C=O)ccc2OCc2ccccc2)ccc1OCc1ccccc1. The Labute approximate surface area is 262 Å². The van der Waals surface area contributed by atoms with Crippen LogP contribution in [0.1, 0.15) is 45.0 Å². The van der Waals surface area contributed by atoms with Crippen LogP contribution in [0.5, 0.6) is 23.0 Å². The van der Waals surface area contributed by atoms with Gasteiger partial charge in [-0.05, 0) is 47.0 Å². The van der Waals surface area contributed by atoms with Gasteiger partial charge in [0.25, 0.3) is 0 Å². The van der Waals surface area contributed by atoms with E-state index in [1.807, 2.05) is 109 Å². The summed E-state index contributed by atoms with van der Waals surface area (Å²) in [4.78, 5) is 11.7. The Morgan fingerprint density at radius 1 is 0.667 bits per heavy atom. The number of methoxy groups -OCH3 is 1. The molecule has 3 atom stereocenters. The fraction of sp³-hybridized carbons (Fsp3) is 0.184. The van der Waals surface area contributed by atoms with E-state index in [-0.39, 0.29) is 6.61 Å². The molecular weight excluding hydrogens is 568 g/mol. The van der Waals surface area contributed by atoms with E-state index in [1.165, 1.54) is 0 Å². The minimum atomic E-state index is -0.605. The number of rotatable bonds is 12. The minimum Gasteiger partial charge on any atom is -0.493 e. The van der Waals surface area contributed by atoms with Crippen molar-refractivity contribution in [1.29, 1.82) is 0 Å². The van der Waals surface area contributed by atoms with Crippen LogP contribution < -0.4 is 18.9 Å². The summed E-state index contributed by atoms with van der Waals surface area (Å²) in [7, 11) is 1.61. The van der Waals surface area contributed by atoms with E-state index in [0.29, 0.717) is 41.8 Å². The van der Waals surface area contributed by atoms with Crippen LogP contribution in [0, 0.1) is 0 Å². The van der Waals surface area contributed by atoms with E-state index < -0.39 is 18.5 Å². The standard InChI is InChI=1S/C38H34O7/c1-40-34-22-31(18-20-32(34)41-24-27-11-5-2-6-12-27)37-36(26-43-38(45-37)30-15-9-4-10-16-30)44-35-21-29(23-39)17-19-33(35)42-25-28-13-7-3-8-14-28/h2-23,36-38H,24-26H2,1H3/t36-,37+,38-/m1/s1. The number of ether oxygens (including phenoxy) is 6. The molecule has 0 unspecified atom stereocenters. The summed E-state index contributed by atoms with van der Waals surface area (Å²) in [6.07, 6.45) is -0.954. The van der Waals surface area contributed by atoms with Gasteiger partial charge in [-0.3, -0.25) is 4.79 Å². The maximum Gasteiger partial charge on any atom is 0.184 e. The molecule has 6 rings (SSSR count). The lowest BCUT2D eigenvalue weighted by Crippen LogP contribution is -2.38. The van der Waals surface area contributed by atoms with E-state index in [1.54, 1.807) is 25.3 Å². The van der Waals surface area contributed by atoms with Crippen molar-refractivity contribution in [3.05, 3.63) is 155 Å². The molecule has 0 amide bonds. The fourth-order valence-corrected chi connectivity index (χ4v) is 5.13. The molecule has 5 aromatic rings. The van der Waals surface area contributed by atoms with Crippen molar-refractivity contribution >= 4 is 6.29 Å². The number of benzene rings is 5. The van der Waals surface area contributed by atoms with E-state index in [0.717, 1.165) is 28.5 Å². The molecule has 0 aliphatic carbocycles. The van der Waals surface area contributed by atoms with Gasteiger partial charge in [0, 0.05) is 11.1 Å². The third-order valence-electron chi connectivity index (χ3n) is 7.46. The Morgan fingerprint density at radius 2 is 1.27 bits per heavy atom. The highest BCUT2D eigenvalue weighted by Crippen LogP contribution is 2.41. The van der Waals surface area contributed by atoms with Gasteiger partial charge < -0.3 is 28.4 Å². The molecule has 0 N–H and O–H groups in total. The lowest BCUT2D eigenvalue weighted by atomic mass is 10.0. The summed E-state index contributed by atoms with van der Waals surface area (Å²) >= 11 is 0. The van der Waals surface area contributed by atoms with Crippen LogP contribution in [0.25, 0.3) is 0 Å². The Kier molecular flexibility index (Phi) is 9.70. The fourth-order valence-electron chi connectivity index (χ4n) is 5.13. The largest absolute Gasteiger partial charge is 0.493 e. The maximum absolute atomic E-state index is 11.7. The van der Waals surface area contributed by atoms with E-state index >= 15 is 0 Å². The van der Waals surface area contributed by atoms with Gasteiger partial charge in [-0.25, -0.2) is 0 Å². The second-order valence-corrected chi connectivity index (χ2v) is 10.6. The molecule has 1 heterocycles. The minimum absolute atomic E-state index is 0.224. The van der Waals surface area contributed by atoms with Gasteiger partial charge in [0.2, 0.25) is 0 Å². The van der Waals surface area contributed by atoms with Crippen LogP contribution in [0.2, 0.25) is 0 Å². The Hall–Kier alpha value is -5.11. The average molecular weight is 603 g/mol. The lowest BCUT2D eigenvalue weighted by Gasteiger charge is -2.37. The van der Waals surface area contributed by atoms with Crippen molar-refractivity contribution < 1.29 is 33.2 Å². The van der Waals surface area contributed by atoms with Crippen LogP contribution in [0.3, 0.4) is 0 Å². The zero-order valence-corrected chi connectivity index (χ0v) is 24.9. The predicted octanol–water partition coefficient (Wildman–Crippen LogP) is 7.90. The van der Waals surface area contributed by atoms with Crippen molar-refractivity contribution in [2.45, 2.75) is 31.7 Å². The summed E-state index contributed by atoms with van der Waals surface area (Å²) in [5, 5.41) is 0. The third kappa shape index (κ3) is 7.52. The van der Waals surface area contributed by atoms with Gasteiger partial charge in [-0.1, -0.05) is 97.1 Å². The Balaban J connectivity index is 1.28. The molecule has 7 nitrogen and oxygen atoms in total. The highest BCUT2D eigenvalue weighted by Gasteiger charge is 2.36. The molecule has 45 heavy (non-hydrogen) atoms. The maximum atomic E-state index is 11.7. The van der Waals surface area contributed by atoms with Crippen LogP contribution in [0.15, 0.2) is 127 Å². The molecule has 1 saturated heterocycles. The molecule has 0 radical (unpaired) electrons. The molecule has 1 aliphatic heterocycles. The zero-order valence-electron chi connectivity index (χ0n) is 24.9. The number of aldehydes is 1. The quantitative estimate of drug-likeness (QED) is 0.134. The smallest absolute Gasteiger partial charge is 0.184 e. The van der Waals surface area contributed by atoms with E-state index in [9.17, 15) is 4.79 Å². The monoisotopic (exact) mass is 602 g/mol. The topological polar surface area (TPSA) is 72.5 Å². The Bertz CT molecular complexity index is 1680. The highest BCUT2D eigenvalue weighted by molar-refractivity contribution is 5.76. The van der Waals surface area contributed by atoms with E-state index in [2.05, 4.69) is 0 Å². The van der Waals surface area contributed by atoms with Crippen LogP contribution in [-0.4, -0.2) is 26.1 Å². The van der Waals surface area contributed by atoms with E-state index in [4.69, 9.17) is 28.4 Å². The van der Waals surface area contributed by atoms with Crippen LogP contribution in [-0.2, 0) is 22.7 Å². The molecule has 0 bridgehead atoms. The number of carbonyl (C=O) groups is 1. The highest BCUT2D eigenvalue weighted by atomic mass is 16.7. The first-order valence-corrected chi connectivity index (χ1v) is 14.8. The summed E-state index contributed by atoms with van der Waals surface area (Å²) < 4.78 is 37.3. The number of hydrogen-bond donors (Lipinski definition) is 0. The van der Waals surface area contributed by atoms with Crippen LogP contribution in [0.4, 0.5) is 0 Å². The first kappa shape index (κ1) is 29.9. The molecule has 228 valence electrons.